The molecule has 4 aromatic rings. The molecule has 0 aliphatic carbocycles. The van der Waals surface area contributed by atoms with Crippen molar-refractivity contribution in [2.24, 2.45) is 0 Å². The van der Waals surface area contributed by atoms with Gasteiger partial charge in [0.2, 0.25) is 5.65 Å². The van der Waals surface area contributed by atoms with Gasteiger partial charge in [-0.1, -0.05) is 35.9 Å². The van der Waals surface area contributed by atoms with E-state index in [-0.39, 0.29) is 0 Å². The molecule has 0 aliphatic rings. The zero-order valence-corrected chi connectivity index (χ0v) is 10.5. The van der Waals surface area contributed by atoms with Gasteiger partial charge in [0.05, 0.1) is 16.1 Å². The van der Waals surface area contributed by atoms with Crippen molar-refractivity contribution in [3.8, 4) is 0 Å². The summed E-state index contributed by atoms with van der Waals surface area (Å²) in [6, 6.07) is 13.3. The Hall–Kier alpha value is -2.33. The Kier molecular flexibility index (Phi) is 2.13. The highest BCUT2D eigenvalue weighted by Gasteiger charge is 2.09. The first-order valence-corrected chi connectivity index (χ1v) is 6.18. The van der Waals surface area contributed by atoms with Crippen LogP contribution in [0, 0.1) is 0 Å². The third-order valence-corrected chi connectivity index (χ3v) is 3.34. The molecule has 0 radical (unpaired) electrons. The zero-order valence-electron chi connectivity index (χ0n) is 9.71. The number of aromatic nitrogens is 4. The van der Waals surface area contributed by atoms with Crippen LogP contribution >= 0.6 is 11.6 Å². The summed E-state index contributed by atoms with van der Waals surface area (Å²) >= 11 is 6.12. The molecule has 0 bridgehead atoms. The Balaban J connectivity index is 2.26. The lowest BCUT2D eigenvalue weighted by atomic mass is 10.2. The van der Waals surface area contributed by atoms with Gasteiger partial charge in [-0.2, -0.15) is 0 Å². The summed E-state index contributed by atoms with van der Waals surface area (Å²) in [4.78, 5) is 9.10. The topological polar surface area (TPSA) is 51.6 Å². The Labute approximate surface area is 113 Å². The standard InChI is InChI=1S/C14H7ClN4/c15-9-5-3-4-8-12(9)18-19-14-13(8)16-10-6-1-2-7-11(10)17-14/h1-7H. The summed E-state index contributed by atoms with van der Waals surface area (Å²) in [5, 5.41) is 9.69. The normalized spacial score (nSPS) is 11.4. The van der Waals surface area contributed by atoms with Crippen molar-refractivity contribution in [2.75, 3.05) is 0 Å². The van der Waals surface area contributed by atoms with Gasteiger partial charge in [0, 0.05) is 5.39 Å². The molecule has 0 aliphatic heterocycles. The fourth-order valence-corrected chi connectivity index (χ4v) is 2.36. The van der Waals surface area contributed by atoms with Crippen LogP contribution in [0.3, 0.4) is 0 Å². The van der Waals surface area contributed by atoms with Crippen molar-refractivity contribution in [3.05, 3.63) is 47.5 Å². The third kappa shape index (κ3) is 1.54. The van der Waals surface area contributed by atoms with Crippen LogP contribution < -0.4 is 0 Å². The summed E-state index contributed by atoms with van der Waals surface area (Å²) < 4.78 is 0. The van der Waals surface area contributed by atoms with E-state index in [9.17, 15) is 0 Å². The lowest BCUT2D eigenvalue weighted by Crippen LogP contribution is -1.94. The van der Waals surface area contributed by atoms with Gasteiger partial charge in [-0.3, -0.25) is 0 Å². The van der Waals surface area contributed by atoms with Gasteiger partial charge in [-0.25, -0.2) is 9.97 Å². The van der Waals surface area contributed by atoms with Crippen LogP contribution in [0.4, 0.5) is 0 Å². The minimum Gasteiger partial charge on any atom is -0.242 e. The van der Waals surface area contributed by atoms with Gasteiger partial charge in [0.1, 0.15) is 11.0 Å². The predicted octanol–water partition coefficient (Wildman–Crippen LogP) is 3.38. The maximum Gasteiger partial charge on any atom is 0.201 e. The van der Waals surface area contributed by atoms with Crippen LogP contribution in [0.15, 0.2) is 42.5 Å². The van der Waals surface area contributed by atoms with Crippen LogP contribution in [0.5, 0.6) is 0 Å². The van der Waals surface area contributed by atoms with Gasteiger partial charge in [0.15, 0.2) is 0 Å². The Morgan fingerprint density at radius 1 is 0.737 bits per heavy atom. The van der Waals surface area contributed by atoms with Crippen LogP contribution in [-0.4, -0.2) is 20.2 Å². The summed E-state index contributed by atoms with van der Waals surface area (Å²) in [6.07, 6.45) is 0. The molecule has 2 aromatic carbocycles. The minimum atomic E-state index is 0.536. The molecular formula is C14H7ClN4. The van der Waals surface area contributed by atoms with Crippen molar-refractivity contribution in [1.29, 1.82) is 0 Å². The van der Waals surface area contributed by atoms with Crippen molar-refractivity contribution in [2.45, 2.75) is 0 Å². The number of hydrogen-bond donors (Lipinski definition) is 0. The van der Waals surface area contributed by atoms with Crippen LogP contribution in [0.25, 0.3) is 33.1 Å². The fraction of sp³-hybridized carbons (Fsp3) is 0. The van der Waals surface area contributed by atoms with E-state index in [4.69, 9.17) is 11.6 Å². The first-order chi connectivity index (χ1) is 9.33. The molecule has 0 saturated heterocycles. The number of benzene rings is 2. The molecule has 4 nitrogen and oxygen atoms in total. The van der Waals surface area contributed by atoms with E-state index in [1.54, 1.807) is 6.07 Å². The number of fused-ring (bicyclic) bond motifs is 4. The van der Waals surface area contributed by atoms with Crippen LogP contribution in [0.1, 0.15) is 0 Å². The van der Waals surface area contributed by atoms with E-state index in [0.29, 0.717) is 16.2 Å². The first-order valence-electron chi connectivity index (χ1n) is 5.80. The SMILES string of the molecule is Clc1cccc2c1nnc1nc3ccccc3nc12. The van der Waals surface area contributed by atoms with E-state index in [1.807, 2.05) is 36.4 Å². The summed E-state index contributed by atoms with van der Waals surface area (Å²) in [5.74, 6) is 0. The largest absolute Gasteiger partial charge is 0.242 e. The van der Waals surface area contributed by atoms with Crippen molar-refractivity contribution >= 4 is 44.7 Å². The average Bonchev–Trinajstić information content (AvgIpc) is 2.45. The monoisotopic (exact) mass is 266 g/mol. The van der Waals surface area contributed by atoms with Crippen molar-refractivity contribution in [1.82, 2.24) is 20.2 Å². The van der Waals surface area contributed by atoms with Gasteiger partial charge in [-0.05, 0) is 18.2 Å². The molecule has 0 N–H and O–H groups in total. The molecule has 2 heterocycles. The number of rotatable bonds is 0. The van der Waals surface area contributed by atoms with Crippen LogP contribution in [-0.2, 0) is 0 Å². The van der Waals surface area contributed by atoms with Crippen molar-refractivity contribution < 1.29 is 0 Å². The highest BCUT2D eigenvalue weighted by molar-refractivity contribution is 6.35. The molecule has 0 amide bonds. The van der Waals surface area contributed by atoms with Crippen molar-refractivity contribution in [3.63, 3.8) is 0 Å². The van der Waals surface area contributed by atoms with E-state index in [0.717, 1.165) is 21.9 Å². The number of nitrogens with zero attached hydrogens (tertiary/aromatic N) is 4. The lowest BCUT2D eigenvalue weighted by molar-refractivity contribution is 1.09. The first kappa shape index (κ1) is 10.6. The van der Waals surface area contributed by atoms with Gasteiger partial charge in [0.25, 0.3) is 0 Å². The molecule has 0 atom stereocenters. The summed E-state index contributed by atoms with van der Waals surface area (Å²) in [7, 11) is 0. The molecule has 0 spiro atoms. The van der Waals surface area contributed by atoms with Gasteiger partial charge in [-0.15, -0.1) is 10.2 Å². The molecule has 19 heavy (non-hydrogen) atoms. The second-order valence-corrected chi connectivity index (χ2v) is 4.63. The highest BCUT2D eigenvalue weighted by Crippen LogP contribution is 2.26. The Morgan fingerprint density at radius 2 is 1.53 bits per heavy atom. The predicted molar refractivity (Wildman–Crippen MR) is 75.2 cm³/mol. The molecule has 0 fully saturated rings. The van der Waals surface area contributed by atoms with E-state index in [2.05, 4.69) is 20.2 Å². The molecule has 5 heteroatoms. The second kappa shape index (κ2) is 3.83. The molecule has 4 rings (SSSR count). The molecule has 0 saturated carbocycles. The molecular weight excluding hydrogens is 260 g/mol. The molecule has 0 unspecified atom stereocenters. The molecule has 2 aromatic heterocycles. The minimum absolute atomic E-state index is 0.536. The Bertz CT molecular complexity index is 936. The Morgan fingerprint density at radius 3 is 2.37 bits per heavy atom. The second-order valence-electron chi connectivity index (χ2n) is 4.22. The quantitative estimate of drug-likeness (QED) is 0.362. The van der Waals surface area contributed by atoms with Crippen LogP contribution in [0.2, 0.25) is 5.02 Å². The number of hydrogen-bond acceptors (Lipinski definition) is 4. The van der Waals surface area contributed by atoms with Gasteiger partial charge >= 0.3 is 0 Å². The zero-order chi connectivity index (χ0) is 12.8. The third-order valence-electron chi connectivity index (χ3n) is 3.04. The fourth-order valence-electron chi connectivity index (χ4n) is 2.15. The maximum atomic E-state index is 6.12. The number of halogens is 1. The van der Waals surface area contributed by atoms with E-state index >= 15 is 0 Å². The van der Waals surface area contributed by atoms with Gasteiger partial charge < -0.3 is 0 Å². The van der Waals surface area contributed by atoms with E-state index in [1.165, 1.54) is 0 Å². The lowest BCUT2D eigenvalue weighted by Gasteiger charge is -2.03. The smallest absolute Gasteiger partial charge is 0.201 e. The average molecular weight is 267 g/mol. The van der Waals surface area contributed by atoms with E-state index < -0.39 is 0 Å². The highest BCUT2D eigenvalue weighted by atomic mass is 35.5. The number of para-hydroxylation sites is 2. The maximum absolute atomic E-state index is 6.12. The summed E-state index contributed by atoms with van der Waals surface area (Å²) in [6.45, 7) is 0. The molecule has 90 valence electrons. The summed E-state index contributed by atoms with van der Waals surface area (Å²) in [5.41, 5.74) is 3.57.